The van der Waals surface area contributed by atoms with Gasteiger partial charge in [-0.3, -0.25) is 0 Å². The molecule has 0 unspecified atom stereocenters. The number of nitrogens with one attached hydrogen (secondary N) is 1. The van der Waals surface area contributed by atoms with E-state index >= 15 is 0 Å². The van der Waals surface area contributed by atoms with Crippen molar-refractivity contribution in [1.29, 1.82) is 0 Å². The first kappa shape index (κ1) is 10.9. The van der Waals surface area contributed by atoms with E-state index in [1.165, 1.54) is 41.3 Å². The van der Waals surface area contributed by atoms with E-state index in [1.54, 1.807) is 0 Å². The van der Waals surface area contributed by atoms with Crippen LogP contribution >= 0.6 is 22.7 Å². The molecule has 3 heterocycles. The number of rotatable bonds is 0. The van der Waals surface area contributed by atoms with Crippen LogP contribution in [0.15, 0.2) is 48.5 Å². The Morgan fingerprint density at radius 2 is 1.20 bits per heavy atom. The lowest BCUT2D eigenvalue weighted by atomic mass is 10.1. The molecule has 0 fully saturated rings. The summed E-state index contributed by atoms with van der Waals surface area (Å²) < 4.78 is 2.76. The fourth-order valence-electron chi connectivity index (χ4n) is 2.99. The number of anilines is 2. The Morgan fingerprint density at radius 1 is 0.700 bits per heavy atom. The van der Waals surface area contributed by atoms with Gasteiger partial charge < -0.3 is 5.32 Å². The van der Waals surface area contributed by atoms with Gasteiger partial charge in [0, 0.05) is 36.3 Å². The van der Waals surface area contributed by atoms with Crippen LogP contribution in [0.3, 0.4) is 0 Å². The zero-order valence-corrected chi connectivity index (χ0v) is 12.3. The molecule has 0 saturated heterocycles. The van der Waals surface area contributed by atoms with Crippen LogP contribution in [0.4, 0.5) is 11.4 Å². The zero-order chi connectivity index (χ0) is 13.1. The van der Waals surface area contributed by atoms with Crippen molar-refractivity contribution in [3.05, 3.63) is 58.3 Å². The van der Waals surface area contributed by atoms with Crippen LogP contribution in [-0.4, -0.2) is 0 Å². The van der Waals surface area contributed by atoms with E-state index in [0.717, 1.165) is 6.42 Å². The maximum atomic E-state index is 3.71. The summed E-state index contributed by atoms with van der Waals surface area (Å²) in [7, 11) is 0. The van der Waals surface area contributed by atoms with Gasteiger partial charge in [-0.25, -0.2) is 0 Å². The zero-order valence-electron chi connectivity index (χ0n) is 10.6. The van der Waals surface area contributed by atoms with Gasteiger partial charge in [-0.1, -0.05) is 36.4 Å². The molecule has 0 aliphatic carbocycles. The Balaban J connectivity index is 1.79. The third kappa shape index (κ3) is 1.37. The van der Waals surface area contributed by atoms with Crippen LogP contribution in [0, 0.1) is 0 Å². The molecule has 0 bridgehead atoms. The van der Waals surface area contributed by atoms with Crippen molar-refractivity contribution in [2.24, 2.45) is 0 Å². The molecule has 5 rings (SSSR count). The van der Waals surface area contributed by atoms with Crippen molar-refractivity contribution >= 4 is 54.2 Å². The molecule has 0 radical (unpaired) electrons. The second-order valence-corrected chi connectivity index (χ2v) is 7.37. The van der Waals surface area contributed by atoms with Gasteiger partial charge >= 0.3 is 0 Å². The maximum absolute atomic E-state index is 3.71. The molecular formula is C17H11NS2. The smallest absolute Gasteiger partial charge is 0.0609 e. The predicted octanol–water partition coefficient (Wildman–Crippen LogP) is 5.76. The third-order valence-corrected chi connectivity index (χ3v) is 6.25. The summed E-state index contributed by atoms with van der Waals surface area (Å²) in [6, 6.07) is 17.4. The van der Waals surface area contributed by atoms with Gasteiger partial charge in [0.2, 0.25) is 0 Å². The summed E-state index contributed by atoms with van der Waals surface area (Å²) >= 11 is 3.83. The third-order valence-electron chi connectivity index (χ3n) is 3.91. The lowest BCUT2D eigenvalue weighted by Gasteiger charge is -2.15. The number of hydrogen-bond acceptors (Lipinski definition) is 3. The molecule has 2 aromatic heterocycles. The Kier molecular flexibility index (Phi) is 2.09. The van der Waals surface area contributed by atoms with Crippen molar-refractivity contribution in [3.8, 4) is 0 Å². The highest BCUT2D eigenvalue weighted by Gasteiger charge is 2.23. The molecular weight excluding hydrogens is 282 g/mol. The summed E-state index contributed by atoms with van der Waals surface area (Å²) in [4.78, 5) is 2.93. The van der Waals surface area contributed by atoms with Crippen LogP contribution < -0.4 is 5.32 Å². The Bertz CT molecular complexity index is 884. The van der Waals surface area contributed by atoms with Gasteiger partial charge in [0.25, 0.3) is 0 Å². The van der Waals surface area contributed by atoms with E-state index in [-0.39, 0.29) is 0 Å². The molecule has 2 aromatic carbocycles. The van der Waals surface area contributed by atoms with Crippen LogP contribution in [0.5, 0.6) is 0 Å². The SMILES string of the molecule is c1ccc2c3c(sc2c1)Cc1sc2ccccc2c1N3. The van der Waals surface area contributed by atoms with E-state index < -0.39 is 0 Å². The first-order chi connectivity index (χ1) is 9.90. The average molecular weight is 293 g/mol. The van der Waals surface area contributed by atoms with Gasteiger partial charge in [-0.05, 0) is 12.1 Å². The number of hydrogen-bond donors (Lipinski definition) is 1. The first-order valence-corrected chi connectivity index (χ1v) is 8.31. The summed E-state index contributed by atoms with van der Waals surface area (Å²) in [5.41, 5.74) is 2.64. The fourth-order valence-corrected chi connectivity index (χ4v) is 5.42. The minimum atomic E-state index is 1.07. The van der Waals surface area contributed by atoms with E-state index in [2.05, 4.69) is 53.8 Å². The average Bonchev–Trinajstić information content (AvgIpc) is 3.02. The molecule has 0 spiro atoms. The molecule has 1 aliphatic heterocycles. The molecule has 0 atom stereocenters. The summed E-state index contributed by atoms with van der Waals surface area (Å²) in [5.74, 6) is 0. The molecule has 3 heteroatoms. The van der Waals surface area contributed by atoms with Crippen LogP contribution in [0.2, 0.25) is 0 Å². The fraction of sp³-hybridized carbons (Fsp3) is 0.0588. The lowest BCUT2D eigenvalue weighted by molar-refractivity contribution is 1.27. The molecule has 0 saturated carbocycles. The summed E-state index contributed by atoms with van der Waals surface area (Å²) in [6.45, 7) is 0. The van der Waals surface area contributed by atoms with Crippen molar-refractivity contribution in [2.75, 3.05) is 5.32 Å². The maximum Gasteiger partial charge on any atom is 0.0609 e. The van der Waals surface area contributed by atoms with Gasteiger partial charge in [0.15, 0.2) is 0 Å². The highest BCUT2D eigenvalue weighted by atomic mass is 32.1. The molecule has 1 N–H and O–H groups in total. The predicted molar refractivity (Wildman–Crippen MR) is 89.7 cm³/mol. The van der Waals surface area contributed by atoms with E-state index in [1.807, 2.05) is 22.7 Å². The standard InChI is InChI=1S/C17H11NS2/c1-3-7-12-10(5-1)16-14(19-12)9-15-17(18-16)11-6-2-4-8-13(11)20-15/h1-8,18H,9H2. The minimum Gasteiger partial charge on any atom is -0.353 e. The number of thiophene rings is 2. The molecule has 1 aliphatic rings. The normalized spacial score (nSPS) is 13.2. The minimum absolute atomic E-state index is 1.07. The topological polar surface area (TPSA) is 12.0 Å². The van der Waals surface area contributed by atoms with Gasteiger partial charge in [0.05, 0.1) is 11.4 Å². The Labute approximate surface area is 124 Å². The highest BCUT2D eigenvalue weighted by molar-refractivity contribution is 7.21. The van der Waals surface area contributed by atoms with Crippen LogP contribution in [-0.2, 0) is 6.42 Å². The summed E-state index contributed by atoms with van der Waals surface area (Å²) in [5, 5.41) is 6.42. The second-order valence-electron chi connectivity index (χ2n) is 5.09. The van der Waals surface area contributed by atoms with Crippen molar-refractivity contribution in [3.63, 3.8) is 0 Å². The van der Waals surface area contributed by atoms with Crippen molar-refractivity contribution in [2.45, 2.75) is 6.42 Å². The molecule has 20 heavy (non-hydrogen) atoms. The molecule has 0 amide bonds. The molecule has 96 valence electrons. The highest BCUT2D eigenvalue weighted by Crippen LogP contribution is 2.48. The van der Waals surface area contributed by atoms with Gasteiger partial charge in [-0.15, -0.1) is 22.7 Å². The number of fused-ring (bicyclic) bond motifs is 6. The quantitative estimate of drug-likeness (QED) is 0.382. The van der Waals surface area contributed by atoms with Crippen molar-refractivity contribution in [1.82, 2.24) is 0 Å². The monoisotopic (exact) mass is 293 g/mol. The summed E-state index contributed by atoms with van der Waals surface area (Å²) in [6.07, 6.45) is 1.07. The first-order valence-electron chi connectivity index (χ1n) is 6.68. The number of benzene rings is 2. The van der Waals surface area contributed by atoms with E-state index in [9.17, 15) is 0 Å². The lowest BCUT2D eigenvalue weighted by Crippen LogP contribution is -2.01. The van der Waals surface area contributed by atoms with Gasteiger partial charge in [0.1, 0.15) is 0 Å². The molecule has 1 nitrogen and oxygen atoms in total. The van der Waals surface area contributed by atoms with E-state index in [4.69, 9.17) is 0 Å². The largest absolute Gasteiger partial charge is 0.353 e. The van der Waals surface area contributed by atoms with Crippen LogP contribution in [0.1, 0.15) is 9.75 Å². The van der Waals surface area contributed by atoms with Crippen molar-refractivity contribution < 1.29 is 0 Å². The second kappa shape index (κ2) is 3.84. The Morgan fingerprint density at radius 3 is 1.75 bits per heavy atom. The van der Waals surface area contributed by atoms with Crippen LogP contribution in [0.25, 0.3) is 20.2 Å². The van der Waals surface area contributed by atoms with Gasteiger partial charge in [-0.2, -0.15) is 0 Å². The Hall–Kier alpha value is -1.84. The molecule has 4 aromatic rings. The van der Waals surface area contributed by atoms with E-state index in [0.29, 0.717) is 0 Å².